The van der Waals surface area contributed by atoms with E-state index in [2.05, 4.69) is 4.74 Å². The third kappa shape index (κ3) is 4.24. The second-order valence-corrected chi connectivity index (χ2v) is 5.85. The molecule has 0 N–H and O–H groups in total. The monoisotopic (exact) mass is 343 g/mol. The first-order chi connectivity index (χ1) is 12.1. The van der Waals surface area contributed by atoms with Crippen LogP contribution in [0.2, 0.25) is 0 Å². The molecule has 3 rings (SSSR count). The van der Waals surface area contributed by atoms with Crippen LogP contribution in [0.1, 0.15) is 30.0 Å². The third-order valence-corrected chi connectivity index (χ3v) is 4.26. The lowest BCUT2D eigenvalue weighted by molar-refractivity contribution is -0.126. The highest BCUT2D eigenvalue weighted by atomic mass is 19.3. The van der Waals surface area contributed by atoms with E-state index in [1.807, 2.05) is 35.2 Å². The van der Waals surface area contributed by atoms with Gasteiger partial charge in [-0.25, -0.2) is 0 Å². The minimum atomic E-state index is -2.90. The molecule has 0 aromatic heterocycles. The summed E-state index contributed by atoms with van der Waals surface area (Å²) < 4.78 is 29.4. The van der Waals surface area contributed by atoms with Crippen LogP contribution >= 0.6 is 0 Å². The lowest BCUT2D eigenvalue weighted by atomic mass is 10.0. The number of alkyl halides is 2. The first kappa shape index (κ1) is 17.1. The van der Waals surface area contributed by atoms with Crippen molar-refractivity contribution in [3.05, 3.63) is 71.8 Å². The van der Waals surface area contributed by atoms with Crippen molar-refractivity contribution >= 4 is 12.0 Å². The van der Waals surface area contributed by atoms with E-state index in [0.717, 1.165) is 18.4 Å². The highest BCUT2D eigenvalue weighted by Gasteiger charge is 2.28. The van der Waals surface area contributed by atoms with Gasteiger partial charge in [0.1, 0.15) is 5.75 Å². The number of halogens is 2. The molecule has 1 fully saturated rings. The first-order valence-electron chi connectivity index (χ1n) is 8.22. The molecule has 2 aromatic carbocycles. The summed E-state index contributed by atoms with van der Waals surface area (Å²) in [5, 5.41) is 0. The molecule has 3 nitrogen and oxygen atoms in total. The van der Waals surface area contributed by atoms with E-state index in [0.29, 0.717) is 12.1 Å². The molecular weight excluding hydrogens is 324 g/mol. The van der Waals surface area contributed by atoms with Crippen molar-refractivity contribution in [2.75, 3.05) is 6.54 Å². The van der Waals surface area contributed by atoms with Gasteiger partial charge in [0.25, 0.3) is 0 Å². The van der Waals surface area contributed by atoms with Gasteiger partial charge in [0.05, 0.1) is 6.04 Å². The highest BCUT2D eigenvalue weighted by Crippen LogP contribution is 2.32. The SMILES string of the molecule is O=C(/C=C/c1ccccc1OC(F)F)N1CCC[C@@H]1c1ccccc1. The number of hydrogen-bond acceptors (Lipinski definition) is 2. The quantitative estimate of drug-likeness (QED) is 0.739. The van der Waals surface area contributed by atoms with E-state index in [-0.39, 0.29) is 17.7 Å². The maximum absolute atomic E-state index is 12.6. The Kier molecular flexibility index (Phi) is 5.43. The van der Waals surface area contributed by atoms with Crippen molar-refractivity contribution in [3.63, 3.8) is 0 Å². The molecule has 0 spiro atoms. The molecule has 2 aromatic rings. The van der Waals surface area contributed by atoms with E-state index < -0.39 is 6.61 Å². The standard InChI is InChI=1S/C20H19F2NO2/c21-20(22)25-18-11-5-4-9-16(18)12-13-19(24)23-14-6-10-17(23)15-7-2-1-3-8-15/h1-5,7-9,11-13,17,20H,6,10,14H2/b13-12+/t17-/m1/s1. The van der Waals surface area contributed by atoms with Gasteiger partial charge in [-0.05, 0) is 30.5 Å². The number of ether oxygens (including phenoxy) is 1. The molecule has 1 aliphatic heterocycles. The zero-order valence-electron chi connectivity index (χ0n) is 13.6. The molecule has 0 saturated carbocycles. The van der Waals surface area contributed by atoms with Gasteiger partial charge in [-0.3, -0.25) is 4.79 Å². The summed E-state index contributed by atoms with van der Waals surface area (Å²) in [5.74, 6) is -0.0687. The molecule has 130 valence electrons. The van der Waals surface area contributed by atoms with Crippen LogP contribution in [0.4, 0.5) is 8.78 Å². The largest absolute Gasteiger partial charge is 0.434 e. The Morgan fingerprint density at radius 1 is 1.12 bits per heavy atom. The number of likely N-dealkylation sites (tertiary alicyclic amines) is 1. The van der Waals surface area contributed by atoms with Crippen LogP contribution in [0.5, 0.6) is 5.75 Å². The zero-order chi connectivity index (χ0) is 17.6. The van der Waals surface area contributed by atoms with Gasteiger partial charge in [0.15, 0.2) is 0 Å². The van der Waals surface area contributed by atoms with Crippen molar-refractivity contribution in [1.29, 1.82) is 0 Å². The molecule has 25 heavy (non-hydrogen) atoms. The molecule has 1 atom stereocenters. The second kappa shape index (κ2) is 7.92. The molecule has 0 unspecified atom stereocenters. The average molecular weight is 343 g/mol. The molecule has 0 radical (unpaired) electrons. The van der Waals surface area contributed by atoms with Crippen LogP contribution in [-0.4, -0.2) is 24.0 Å². The van der Waals surface area contributed by atoms with Gasteiger partial charge in [0.2, 0.25) is 5.91 Å². The number of benzene rings is 2. The highest BCUT2D eigenvalue weighted by molar-refractivity contribution is 5.92. The summed E-state index contributed by atoms with van der Waals surface area (Å²) in [6.45, 7) is -2.20. The van der Waals surface area contributed by atoms with Gasteiger partial charge in [-0.2, -0.15) is 8.78 Å². The molecule has 1 saturated heterocycles. The Balaban J connectivity index is 1.75. The smallest absolute Gasteiger partial charge is 0.387 e. The predicted molar refractivity (Wildman–Crippen MR) is 92.2 cm³/mol. The summed E-state index contributed by atoms with van der Waals surface area (Å²) in [6, 6.07) is 16.4. The Morgan fingerprint density at radius 3 is 2.60 bits per heavy atom. The summed E-state index contributed by atoms with van der Waals surface area (Å²) >= 11 is 0. The fraction of sp³-hybridized carbons (Fsp3) is 0.250. The summed E-state index contributed by atoms with van der Waals surface area (Å²) in [6.07, 6.45) is 4.83. The van der Waals surface area contributed by atoms with Crippen molar-refractivity contribution in [2.24, 2.45) is 0 Å². The number of para-hydroxylation sites is 1. The van der Waals surface area contributed by atoms with E-state index in [1.54, 1.807) is 18.2 Å². The van der Waals surface area contributed by atoms with Crippen LogP contribution < -0.4 is 4.74 Å². The first-order valence-corrected chi connectivity index (χ1v) is 8.22. The minimum absolute atomic E-state index is 0.0579. The van der Waals surface area contributed by atoms with Gasteiger partial charge < -0.3 is 9.64 Å². The van der Waals surface area contributed by atoms with Gasteiger partial charge in [-0.15, -0.1) is 0 Å². The molecule has 1 aliphatic rings. The number of amides is 1. The van der Waals surface area contributed by atoms with Crippen molar-refractivity contribution < 1.29 is 18.3 Å². The Bertz CT molecular complexity index is 746. The second-order valence-electron chi connectivity index (χ2n) is 5.85. The van der Waals surface area contributed by atoms with Gasteiger partial charge >= 0.3 is 6.61 Å². The van der Waals surface area contributed by atoms with Crippen LogP contribution in [0.25, 0.3) is 6.08 Å². The van der Waals surface area contributed by atoms with Crippen LogP contribution in [-0.2, 0) is 4.79 Å². The summed E-state index contributed by atoms with van der Waals surface area (Å²) in [5.41, 5.74) is 1.56. The number of rotatable bonds is 5. The number of hydrogen-bond donors (Lipinski definition) is 0. The van der Waals surface area contributed by atoms with E-state index in [1.165, 1.54) is 18.2 Å². The average Bonchev–Trinajstić information content (AvgIpc) is 3.11. The number of carbonyl (C=O) groups excluding carboxylic acids is 1. The van der Waals surface area contributed by atoms with Crippen LogP contribution in [0, 0.1) is 0 Å². The lowest BCUT2D eigenvalue weighted by Gasteiger charge is -2.23. The van der Waals surface area contributed by atoms with E-state index in [4.69, 9.17) is 0 Å². The maximum Gasteiger partial charge on any atom is 0.387 e. The Hall–Kier alpha value is -2.69. The van der Waals surface area contributed by atoms with E-state index in [9.17, 15) is 13.6 Å². The van der Waals surface area contributed by atoms with E-state index >= 15 is 0 Å². The fourth-order valence-corrected chi connectivity index (χ4v) is 3.13. The van der Waals surface area contributed by atoms with Crippen molar-refractivity contribution in [3.8, 4) is 5.75 Å². The Morgan fingerprint density at radius 2 is 1.84 bits per heavy atom. The van der Waals surface area contributed by atoms with Crippen molar-refractivity contribution in [2.45, 2.75) is 25.5 Å². The molecule has 1 heterocycles. The molecule has 0 bridgehead atoms. The topological polar surface area (TPSA) is 29.5 Å². The third-order valence-electron chi connectivity index (χ3n) is 4.26. The van der Waals surface area contributed by atoms with Gasteiger partial charge in [0, 0.05) is 18.2 Å². The van der Waals surface area contributed by atoms with Gasteiger partial charge in [-0.1, -0.05) is 48.5 Å². The summed E-state index contributed by atoms with van der Waals surface area (Å²) in [7, 11) is 0. The van der Waals surface area contributed by atoms with Crippen LogP contribution in [0.3, 0.4) is 0 Å². The zero-order valence-corrected chi connectivity index (χ0v) is 13.6. The maximum atomic E-state index is 12.6. The molecular formula is C20H19F2NO2. The minimum Gasteiger partial charge on any atom is -0.434 e. The number of nitrogens with zero attached hydrogens (tertiary/aromatic N) is 1. The molecule has 1 amide bonds. The molecule has 0 aliphatic carbocycles. The predicted octanol–water partition coefficient (Wildman–Crippen LogP) is 4.66. The summed E-state index contributed by atoms with van der Waals surface area (Å²) in [4.78, 5) is 14.4. The fourth-order valence-electron chi connectivity index (χ4n) is 3.13. The van der Waals surface area contributed by atoms with Crippen molar-refractivity contribution in [1.82, 2.24) is 4.90 Å². The Labute approximate surface area is 145 Å². The van der Waals surface area contributed by atoms with Crippen LogP contribution in [0.15, 0.2) is 60.7 Å². The number of carbonyl (C=O) groups is 1. The normalized spacial score (nSPS) is 17.4. The lowest BCUT2D eigenvalue weighted by Crippen LogP contribution is -2.28. The molecule has 5 heteroatoms.